The third-order valence-corrected chi connectivity index (χ3v) is 12.2. The van der Waals surface area contributed by atoms with Crippen LogP contribution in [0.4, 0.5) is 0 Å². The number of hydrogen-bond donors (Lipinski definition) is 0. The molecule has 0 fully saturated rings. The summed E-state index contributed by atoms with van der Waals surface area (Å²) in [4.78, 5) is 10.6. The highest BCUT2D eigenvalue weighted by Gasteiger charge is 2.20. The van der Waals surface area contributed by atoms with E-state index in [1.54, 1.807) is 0 Å². The van der Waals surface area contributed by atoms with Crippen molar-refractivity contribution in [1.82, 2.24) is 9.97 Å². The Labute approximate surface area is 322 Å². The predicted octanol–water partition coefficient (Wildman–Crippen LogP) is 14.6. The first-order valence-electron chi connectivity index (χ1n) is 18.6. The molecule has 0 aliphatic heterocycles. The van der Waals surface area contributed by atoms with Crippen molar-refractivity contribution in [3.8, 4) is 55.8 Å². The lowest BCUT2D eigenvalue weighted by Gasteiger charge is -2.14. The standard InChI is InChI=1S/C52H32N2S/c1-4-16-33(17-5-1)36-28-44(34-18-6-2-7-19-34)51-46(29-36)47-31-37(30-45(52(47)55-51)35-20-8-3-9-21-35)38-22-10-13-25-41(38)48-32-53-49-42-26-14-11-23-39(42)40-24-12-15-27-43(40)50(49)54-48/h1-32H. The molecule has 2 heterocycles. The molecule has 11 rings (SSSR count). The molecular weight excluding hydrogens is 685 g/mol. The van der Waals surface area contributed by atoms with Crippen molar-refractivity contribution in [2.24, 2.45) is 0 Å². The molecule has 0 saturated carbocycles. The molecule has 0 aliphatic rings. The van der Waals surface area contributed by atoms with Crippen molar-refractivity contribution in [3.63, 3.8) is 0 Å². The third-order valence-electron chi connectivity index (χ3n) is 10.9. The van der Waals surface area contributed by atoms with Gasteiger partial charge < -0.3 is 0 Å². The van der Waals surface area contributed by atoms with Crippen LogP contribution in [0.5, 0.6) is 0 Å². The Hall–Kier alpha value is -6.94. The van der Waals surface area contributed by atoms with E-state index in [-0.39, 0.29) is 0 Å². The SMILES string of the molecule is c1ccc(-c2cc(-c3ccccc3)c3sc4c(-c5ccccc5)cc(-c5ccccc5-c5cnc6c7ccccc7c7ccccc7c6n5)cc4c3c2)cc1. The van der Waals surface area contributed by atoms with Crippen molar-refractivity contribution in [2.75, 3.05) is 0 Å². The van der Waals surface area contributed by atoms with Gasteiger partial charge in [0.2, 0.25) is 0 Å². The van der Waals surface area contributed by atoms with Gasteiger partial charge in [0, 0.05) is 47.6 Å². The minimum absolute atomic E-state index is 0.859. The number of hydrogen-bond acceptors (Lipinski definition) is 3. The number of thiophene rings is 1. The topological polar surface area (TPSA) is 25.8 Å². The van der Waals surface area contributed by atoms with Gasteiger partial charge in [-0.2, -0.15) is 0 Å². The van der Waals surface area contributed by atoms with E-state index in [0.29, 0.717) is 0 Å². The molecule has 9 aromatic carbocycles. The lowest BCUT2D eigenvalue weighted by atomic mass is 9.91. The molecule has 2 aromatic heterocycles. The van der Waals surface area contributed by atoms with Crippen LogP contribution in [0, 0.1) is 0 Å². The first-order chi connectivity index (χ1) is 27.3. The second kappa shape index (κ2) is 12.9. The summed E-state index contributed by atoms with van der Waals surface area (Å²) in [6.07, 6.45) is 1.96. The van der Waals surface area contributed by atoms with E-state index >= 15 is 0 Å². The van der Waals surface area contributed by atoms with Crippen LogP contribution < -0.4 is 0 Å². The van der Waals surface area contributed by atoms with Gasteiger partial charge in [-0.25, -0.2) is 4.98 Å². The van der Waals surface area contributed by atoms with E-state index < -0.39 is 0 Å². The minimum Gasteiger partial charge on any atom is -0.252 e. The lowest BCUT2D eigenvalue weighted by molar-refractivity contribution is 1.31. The Morgan fingerprint density at radius 3 is 1.36 bits per heavy atom. The van der Waals surface area contributed by atoms with Gasteiger partial charge in [0.15, 0.2) is 0 Å². The highest BCUT2D eigenvalue weighted by Crippen LogP contribution is 2.48. The molecule has 2 nitrogen and oxygen atoms in total. The van der Waals surface area contributed by atoms with Crippen LogP contribution in [0.1, 0.15) is 0 Å². The van der Waals surface area contributed by atoms with Crippen LogP contribution in [0.25, 0.3) is 109 Å². The van der Waals surface area contributed by atoms with Gasteiger partial charge in [-0.05, 0) is 68.4 Å². The molecular formula is C52H32N2S. The van der Waals surface area contributed by atoms with Gasteiger partial charge in [0.05, 0.1) is 22.9 Å². The van der Waals surface area contributed by atoms with E-state index in [1.807, 2.05) is 17.5 Å². The number of nitrogens with zero attached hydrogens (tertiary/aromatic N) is 2. The van der Waals surface area contributed by atoms with Crippen molar-refractivity contribution in [3.05, 3.63) is 194 Å². The van der Waals surface area contributed by atoms with E-state index in [2.05, 4.69) is 188 Å². The predicted molar refractivity (Wildman–Crippen MR) is 235 cm³/mol. The van der Waals surface area contributed by atoms with E-state index in [4.69, 9.17) is 9.97 Å². The molecule has 0 amide bonds. The molecule has 55 heavy (non-hydrogen) atoms. The second-order valence-corrected chi connectivity index (χ2v) is 15.1. The second-order valence-electron chi connectivity index (χ2n) is 14.1. The molecule has 0 N–H and O–H groups in total. The summed E-state index contributed by atoms with van der Waals surface area (Å²) >= 11 is 1.89. The monoisotopic (exact) mass is 716 g/mol. The molecule has 0 radical (unpaired) electrons. The first kappa shape index (κ1) is 31.6. The van der Waals surface area contributed by atoms with Crippen molar-refractivity contribution < 1.29 is 0 Å². The molecule has 3 heteroatoms. The highest BCUT2D eigenvalue weighted by molar-refractivity contribution is 7.27. The number of fused-ring (bicyclic) bond motifs is 9. The van der Waals surface area contributed by atoms with Crippen LogP contribution in [0.15, 0.2) is 194 Å². The first-order valence-corrected chi connectivity index (χ1v) is 19.5. The van der Waals surface area contributed by atoms with Crippen molar-refractivity contribution >= 4 is 64.1 Å². The summed E-state index contributed by atoms with van der Waals surface area (Å²) < 4.78 is 2.58. The van der Waals surface area contributed by atoms with Gasteiger partial charge in [-0.15, -0.1) is 11.3 Å². The summed E-state index contributed by atoms with van der Waals surface area (Å²) in [5.41, 5.74) is 13.4. The smallest absolute Gasteiger partial charge is 0.0979 e. The van der Waals surface area contributed by atoms with Crippen LogP contribution in [-0.2, 0) is 0 Å². The third kappa shape index (κ3) is 5.24. The number of benzene rings is 9. The molecule has 0 saturated heterocycles. The summed E-state index contributed by atoms with van der Waals surface area (Å²) in [5.74, 6) is 0. The van der Waals surface area contributed by atoms with Crippen LogP contribution in [0.3, 0.4) is 0 Å². The van der Waals surface area contributed by atoms with Gasteiger partial charge in [0.1, 0.15) is 0 Å². The fourth-order valence-electron chi connectivity index (χ4n) is 8.31. The fourth-order valence-corrected chi connectivity index (χ4v) is 9.64. The zero-order valence-electron chi connectivity index (χ0n) is 29.8. The summed E-state index contributed by atoms with van der Waals surface area (Å²) in [7, 11) is 0. The molecule has 0 unspecified atom stereocenters. The van der Waals surface area contributed by atoms with Gasteiger partial charge in [0.25, 0.3) is 0 Å². The maximum Gasteiger partial charge on any atom is 0.0979 e. The highest BCUT2D eigenvalue weighted by atomic mass is 32.1. The molecule has 0 atom stereocenters. The molecule has 0 spiro atoms. The van der Waals surface area contributed by atoms with E-state index in [0.717, 1.165) is 44.2 Å². The van der Waals surface area contributed by atoms with Crippen LogP contribution in [-0.4, -0.2) is 9.97 Å². The number of rotatable bonds is 5. The lowest BCUT2D eigenvalue weighted by Crippen LogP contribution is -1.94. The molecule has 0 bridgehead atoms. The van der Waals surface area contributed by atoms with Crippen LogP contribution >= 0.6 is 11.3 Å². The van der Waals surface area contributed by atoms with Crippen molar-refractivity contribution in [1.29, 1.82) is 0 Å². The van der Waals surface area contributed by atoms with Gasteiger partial charge >= 0.3 is 0 Å². The van der Waals surface area contributed by atoms with Gasteiger partial charge in [-0.3, -0.25) is 4.98 Å². The molecule has 0 aliphatic carbocycles. The maximum absolute atomic E-state index is 5.42. The maximum atomic E-state index is 5.42. The molecule has 256 valence electrons. The Morgan fingerprint density at radius 2 is 0.764 bits per heavy atom. The normalized spacial score (nSPS) is 11.6. The summed E-state index contributed by atoms with van der Waals surface area (Å²) in [5, 5.41) is 7.14. The zero-order valence-corrected chi connectivity index (χ0v) is 30.6. The fraction of sp³-hybridized carbons (Fsp3) is 0. The Balaban J connectivity index is 1.19. The average molecular weight is 717 g/mol. The summed E-state index contributed by atoms with van der Waals surface area (Å²) in [6, 6.07) is 67.7. The average Bonchev–Trinajstić information content (AvgIpc) is 3.65. The van der Waals surface area contributed by atoms with Crippen LogP contribution in [0.2, 0.25) is 0 Å². The van der Waals surface area contributed by atoms with E-state index in [9.17, 15) is 0 Å². The largest absolute Gasteiger partial charge is 0.252 e. The van der Waals surface area contributed by atoms with E-state index in [1.165, 1.54) is 64.3 Å². The van der Waals surface area contributed by atoms with Crippen molar-refractivity contribution in [2.45, 2.75) is 0 Å². The molecule has 11 aromatic rings. The Kier molecular flexibility index (Phi) is 7.39. The Morgan fingerprint density at radius 1 is 0.309 bits per heavy atom. The minimum atomic E-state index is 0.859. The number of aromatic nitrogens is 2. The Bertz CT molecular complexity index is 3210. The van der Waals surface area contributed by atoms with Gasteiger partial charge in [-0.1, -0.05) is 164 Å². The summed E-state index contributed by atoms with van der Waals surface area (Å²) in [6.45, 7) is 0. The quantitative estimate of drug-likeness (QED) is 0.166. The zero-order chi connectivity index (χ0) is 36.3.